The van der Waals surface area contributed by atoms with Crippen LogP contribution in [0, 0.1) is 22.7 Å². The fourth-order valence-corrected chi connectivity index (χ4v) is 4.11. The molecule has 35 heavy (non-hydrogen) atoms. The zero-order valence-electron chi connectivity index (χ0n) is 19.0. The Kier molecular flexibility index (Phi) is 6.99. The highest BCUT2D eigenvalue weighted by molar-refractivity contribution is 6.32. The molecule has 0 radical (unpaired) electrons. The van der Waals surface area contributed by atoms with Crippen molar-refractivity contribution in [3.63, 3.8) is 0 Å². The molecule has 0 fully saturated rings. The van der Waals surface area contributed by atoms with E-state index >= 15 is 0 Å². The van der Waals surface area contributed by atoms with Crippen LogP contribution in [-0.2, 0) is 5.41 Å². The molecule has 4 nitrogen and oxygen atoms in total. The molecular formula is C29H20Cl2N2O2. The van der Waals surface area contributed by atoms with Crippen LogP contribution in [-0.4, -0.2) is 0 Å². The van der Waals surface area contributed by atoms with Gasteiger partial charge in [-0.2, -0.15) is 10.5 Å². The minimum atomic E-state index is -0.293. The van der Waals surface area contributed by atoms with Crippen LogP contribution in [0.5, 0.6) is 23.0 Å². The lowest BCUT2D eigenvalue weighted by atomic mass is 9.78. The summed E-state index contributed by atoms with van der Waals surface area (Å²) in [7, 11) is 0. The molecule has 0 aliphatic rings. The standard InChI is InChI=1S/C29H20Cl2N2O2/c1-29(2,19-9-13-21(14-10-19)34-27-7-3-5-25(30)23(27)17-32)20-11-15-22(16-12-20)35-28-8-4-6-26(31)24(28)18-33/h3-16H,1-2H3. The van der Waals surface area contributed by atoms with E-state index in [1.807, 2.05) is 48.5 Å². The van der Waals surface area contributed by atoms with Crippen molar-refractivity contribution >= 4 is 23.2 Å². The Morgan fingerprint density at radius 3 is 1.31 bits per heavy atom. The van der Waals surface area contributed by atoms with Crippen LogP contribution in [0.1, 0.15) is 36.1 Å². The summed E-state index contributed by atoms with van der Waals surface area (Å²) < 4.78 is 11.8. The second-order valence-electron chi connectivity index (χ2n) is 8.33. The van der Waals surface area contributed by atoms with Crippen molar-refractivity contribution in [2.75, 3.05) is 0 Å². The minimum absolute atomic E-state index is 0.293. The van der Waals surface area contributed by atoms with E-state index < -0.39 is 0 Å². The van der Waals surface area contributed by atoms with Crippen LogP contribution >= 0.6 is 23.2 Å². The number of ether oxygens (including phenoxy) is 2. The fraction of sp³-hybridized carbons (Fsp3) is 0.103. The van der Waals surface area contributed by atoms with Gasteiger partial charge in [0.25, 0.3) is 0 Å². The minimum Gasteiger partial charge on any atom is -0.456 e. The summed E-state index contributed by atoms with van der Waals surface area (Å²) in [4.78, 5) is 0. The summed E-state index contributed by atoms with van der Waals surface area (Å²) in [6, 6.07) is 29.9. The predicted octanol–water partition coefficient (Wildman–Crippen LogP) is 8.65. The largest absolute Gasteiger partial charge is 0.456 e. The average Bonchev–Trinajstić information content (AvgIpc) is 2.85. The third kappa shape index (κ3) is 5.10. The van der Waals surface area contributed by atoms with Crippen LogP contribution in [0.3, 0.4) is 0 Å². The number of nitrogens with zero attached hydrogens (tertiary/aromatic N) is 2. The number of halogens is 2. The summed E-state index contributed by atoms with van der Waals surface area (Å²) in [5.41, 5.74) is 2.50. The first kappa shape index (κ1) is 24.2. The molecule has 172 valence electrons. The highest BCUT2D eigenvalue weighted by Crippen LogP contribution is 2.36. The molecule has 0 N–H and O–H groups in total. The first-order valence-corrected chi connectivity index (χ1v) is 11.5. The van der Waals surface area contributed by atoms with Crippen molar-refractivity contribution in [1.29, 1.82) is 10.5 Å². The predicted molar refractivity (Wildman–Crippen MR) is 137 cm³/mol. The van der Waals surface area contributed by atoms with Crippen LogP contribution in [0.4, 0.5) is 0 Å². The van der Waals surface area contributed by atoms with Crippen molar-refractivity contribution < 1.29 is 9.47 Å². The Hall–Kier alpha value is -3.96. The zero-order chi connectivity index (χ0) is 25.0. The highest BCUT2D eigenvalue weighted by Gasteiger charge is 2.23. The van der Waals surface area contributed by atoms with E-state index in [1.54, 1.807) is 36.4 Å². The summed E-state index contributed by atoms with van der Waals surface area (Å²) >= 11 is 12.2. The number of hydrogen-bond donors (Lipinski definition) is 0. The third-order valence-electron chi connectivity index (χ3n) is 5.78. The lowest BCUT2D eigenvalue weighted by molar-refractivity contribution is 0.479. The summed E-state index contributed by atoms with van der Waals surface area (Å²) in [5, 5.41) is 19.4. The molecule has 6 heteroatoms. The molecule has 0 atom stereocenters. The monoisotopic (exact) mass is 498 g/mol. The molecule has 0 bridgehead atoms. The SMILES string of the molecule is CC(C)(c1ccc(Oc2cccc(Cl)c2C#N)cc1)c1ccc(Oc2cccc(Cl)c2C#N)cc1. The Labute approximate surface area is 214 Å². The van der Waals surface area contributed by atoms with E-state index in [1.165, 1.54) is 0 Å². The molecular weight excluding hydrogens is 479 g/mol. The maximum atomic E-state index is 9.35. The Morgan fingerprint density at radius 2 is 0.971 bits per heavy atom. The van der Waals surface area contributed by atoms with E-state index in [0.717, 1.165) is 11.1 Å². The van der Waals surface area contributed by atoms with Gasteiger partial charge in [0.15, 0.2) is 0 Å². The number of benzene rings is 4. The lowest BCUT2D eigenvalue weighted by Gasteiger charge is -2.26. The van der Waals surface area contributed by atoms with E-state index in [0.29, 0.717) is 44.2 Å². The van der Waals surface area contributed by atoms with Gasteiger partial charge in [-0.05, 0) is 59.7 Å². The maximum absolute atomic E-state index is 9.35. The summed E-state index contributed by atoms with van der Waals surface area (Å²) in [5.74, 6) is 2.06. The van der Waals surface area contributed by atoms with Gasteiger partial charge in [-0.1, -0.05) is 73.4 Å². The molecule has 0 amide bonds. The fourth-order valence-electron chi connectivity index (χ4n) is 3.70. The molecule has 0 heterocycles. The van der Waals surface area contributed by atoms with Crippen LogP contribution in [0.2, 0.25) is 10.0 Å². The molecule has 0 unspecified atom stereocenters. The van der Waals surface area contributed by atoms with Gasteiger partial charge in [-0.15, -0.1) is 0 Å². The second kappa shape index (κ2) is 10.1. The van der Waals surface area contributed by atoms with E-state index in [4.69, 9.17) is 32.7 Å². The number of nitriles is 2. The van der Waals surface area contributed by atoms with Crippen molar-refractivity contribution in [2.24, 2.45) is 0 Å². The zero-order valence-corrected chi connectivity index (χ0v) is 20.6. The van der Waals surface area contributed by atoms with Crippen molar-refractivity contribution in [3.05, 3.63) is 117 Å². The van der Waals surface area contributed by atoms with E-state index in [-0.39, 0.29) is 5.41 Å². The van der Waals surface area contributed by atoms with Gasteiger partial charge < -0.3 is 9.47 Å². The molecule has 0 saturated heterocycles. The quantitative estimate of drug-likeness (QED) is 0.266. The van der Waals surface area contributed by atoms with Crippen molar-refractivity contribution in [3.8, 4) is 35.1 Å². The molecule has 0 aliphatic carbocycles. The highest BCUT2D eigenvalue weighted by atomic mass is 35.5. The van der Waals surface area contributed by atoms with Gasteiger partial charge in [0.2, 0.25) is 0 Å². The third-order valence-corrected chi connectivity index (χ3v) is 6.41. The molecule has 4 aromatic rings. The lowest BCUT2D eigenvalue weighted by Crippen LogP contribution is -2.18. The van der Waals surface area contributed by atoms with E-state index in [9.17, 15) is 10.5 Å². The molecule has 0 spiro atoms. The average molecular weight is 499 g/mol. The molecule has 4 aromatic carbocycles. The van der Waals surface area contributed by atoms with Gasteiger partial charge >= 0.3 is 0 Å². The Balaban J connectivity index is 1.52. The van der Waals surface area contributed by atoms with Crippen molar-refractivity contribution in [2.45, 2.75) is 19.3 Å². The number of rotatable bonds is 6. The Morgan fingerprint density at radius 1 is 0.600 bits per heavy atom. The molecule has 0 aliphatic heterocycles. The molecule has 4 rings (SSSR count). The van der Waals surface area contributed by atoms with Gasteiger partial charge in [0, 0.05) is 5.41 Å². The van der Waals surface area contributed by atoms with Gasteiger partial charge in [-0.3, -0.25) is 0 Å². The molecule has 0 aromatic heterocycles. The normalized spacial score (nSPS) is 10.8. The van der Waals surface area contributed by atoms with Crippen LogP contribution in [0.25, 0.3) is 0 Å². The van der Waals surface area contributed by atoms with Gasteiger partial charge in [-0.25, -0.2) is 0 Å². The van der Waals surface area contributed by atoms with E-state index in [2.05, 4.69) is 26.0 Å². The maximum Gasteiger partial charge on any atom is 0.146 e. The smallest absolute Gasteiger partial charge is 0.146 e. The first-order chi connectivity index (χ1) is 16.8. The topological polar surface area (TPSA) is 66.0 Å². The van der Waals surface area contributed by atoms with Crippen LogP contribution in [0.15, 0.2) is 84.9 Å². The molecule has 0 saturated carbocycles. The Bertz CT molecular complexity index is 1340. The van der Waals surface area contributed by atoms with Gasteiger partial charge in [0.05, 0.1) is 10.0 Å². The first-order valence-electron chi connectivity index (χ1n) is 10.8. The number of hydrogen-bond acceptors (Lipinski definition) is 4. The summed E-state index contributed by atoms with van der Waals surface area (Å²) in [6.45, 7) is 4.27. The second-order valence-corrected chi connectivity index (χ2v) is 9.14. The van der Waals surface area contributed by atoms with Crippen LogP contribution < -0.4 is 9.47 Å². The summed E-state index contributed by atoms with van der Waals surface area (Å²) in [6.07, 6.45) is 0. The van der Waals surface area contributed by atoms with Gasteiger partial charge in [0.1, 0.15) is 46.3 Å². The van der Waals surface area contributed by atoms with Crippen molar-refractivity contribution in [1.82, 2.24) is 0 Å².